The second-order valence-corrected chi connectivity index (χ2v) is 7.15. The third kappa shape index (κ3) is 2.40. The van der Waals surface area contributed by atoms with Crippen LogP contribution in [0.15, 0.2) is 39.9 Å². The standard InChI is InChI=1S/C14H14FNS2/c1-9-8-13(12-6-7-17-14(12)18-9)16-11-4-2-10(15)3-5-11/h2-7,9,13,16H,8H2,1H3/t9-,13?/m0/s1. The Morgan fingerprint density at radius 2 is 2.00 bits per heavy atom. The summed E-state index contributed by atoms with van der Waals surface area (Å²) in [6.07, 6.45) is 1.10. The fourth-order valence-electron chi connectivity index (χ4n) is 2.23. The first-order chi connectivity index (χ1) is 8.72. The van der Waals surface area contributed by atoms with Crippen molar-refractivity contribution in [1.82, 2.24) is 0 Å². The topological polar surface area (TPSA) is 12.0 Å². The lowest BCUT2D eigenvalue weighted by molar-refractivity contribution is 0.627. The van der Waals surface area contributed by atoms with Gasteiger partial charge in [-0.1, -0.05) is 6.92 Å². The van der Waals surface area contributed by atoms with Crippen molar-refractivity contribution in [3.05, 3.63) is 47.1 Å². The summed E-state index contributed by atoms with van der Waals surface area (Å²) in [5.41, 5.74) is 2.37. The van der Waals surface area contributed by atoms with E-state index in [9.17, 15) is 4.39 Å². The molecule has 0 bridgehead atoms. The third-order valence-corrected chi connectivity index (χ3v) is 5.44. The molecular formula is C14H14FNS2. The Labute approximate surface area is 114 Å². The van der Waals surface area contributed by atoms with Gasteiger partial charge in [-0.25, -0.2) is 4.39 Å². The molecule has 1 aromatic heterocycles. The number of halogens is 1. The Balaban J connectivity index is 1.83. The molecule has 4 heteroatoms. The Morgan fingerprint density at radius 1 is 1.22 bits per heavy atom. The van der Waals surface area contributed by atoms with Gasteiger partial charge in [0.25, 0.3) is 0 Å². The van der Waals surface area contributed by atoms with Crippen LogP contribution in [0.2, 0.25) is 0 Å². The minimum Gasteiger partial charge on any atom is -0.378 e. The van der Waals surface area contributed by atoms with Crippen LogP contribution in [0.4, 0.5) is 10.1 Å². The fourth-order valence-corrected chi connectivity index (χ4v) is 4.80. The van der Waals surface area contributed by atoms with Crippen molar-refractivity contribution in [3.63, 3.8) is 0 Å². The van der Waals surface area contributed by atoms with Gasteiger partial charge in [-0.2, -0.15) is 0 Å². The minimum atomic E-state index is -0.190. The van der Waals surface area contributed by atoms with Crippen molar-refractivity contribution >= 4 is 28.8 Å². The number of rotatable bonds is 2. The maximum atomic E-state index is 12.9. The zero-order valence-corrected chi connectivity index (χ0v) is 11.7. The van der Waals surface area contributed by atoms with Crippen LogP contribution >= 0.6 is 23.1 Å². The number of hydrogen-bond acceptors (Lipinski definition) is 3. The van der Waals surface area contributed by atoms with Crippen molar-refractivity contribution in [2.75, 3.05) is 5.32 Å². The maximum absolute atomic E-state index is 12.9. The first kappa shape index (κ1) is 12.1. The molecule has 0 saturated carbocycles. The zero-order valence-electron chi connectivity index (χ0n) is 10.0. The van der Waals surface area contributed by atoms with E-state index in [1.54, 1.807) is 12.1 Å². The molecule has 0 fully saturated rings. The Hall–Kier alpha value is -1.00. The van der Waals surface area contributed by atoms with Gasteiger partial charge in [0.05, 0.1) is 10.3 Å². The van der Waals surface area contributed by atoms with Crippen LogP contribution in [0.25, 0.3) is 0 Å². The summed E-state index contributed by atoms with van der Waals surface area (Å²) in [6, 6.07) is 9.13. The highest BCUT2D eigenvalue weighted by molar-refractivity contribution is 8.01. The van der Waals surface area contributed by atoms with E-state index in [4.69, 9.17) is 0 Å². The van der Waals surface area contributed by atoms with E-state index in [0.717, 1.165) is 12.1 Å². The molecule has 1 nitrogen and oxygen atoms in total. The largest absolute Gasteiger partial charge is 0.378 e. The van der Waals surface area contributed by atoms with Gasteiger partial charge in [0.15, 0.2) is 0 Å². The molecule has 2 aromatic rings. The number of fused-ring (bicyclic) bond motifs is 1. The van der Waals surface area contributed by atoms with Crippen molar-refractivity contribution in [1.29, 1.82) is 0 Å². The number of hydrogen-bond donors (Lipinski definition) is 1. The van der Waals surface area contributed by atoms with Gasteiger partial charge >= 0.3 is 0 Å². The summed E-state index contributed by atoms with van der Waals surface area (Å²) in [4.78, 5) is 0. The van der Waals surface area contributed by atoms with Crippen LogP contribution in [0.1, 0.15) is 24.9 Å². The van der Waals surface area contributed by atoms with Crippen molar-refractivity contribution in [2.45, 2.75) is 28.8 Å². The van der Waals surface area contributed by atoms with Crippen LogP contribution in [0.3, 0.4) is 0 Å². The molecule has 2 atom stereocenters. The average Bonchev–Trinajstić information content (AvgIpc) is 2.80. The number of thiophene rings is 1. The monoisotopic (exact) mass is 279 g/mol. The molecule has 94 valence electrons. The van der Waals surface area contributed by atoms with E-state index < -0.39 is 0 Å². The first-order valence-corrected chi connectivity index (χ1v) is 7.74. The lowest BCUT2D eigenvalue weighted by atomic mass is 10.0. The second-order valence-electron chi connectivity index (χ2n) is 4.53. The maximum Gasteiger partial charge on any atom is 0.123 e. The number of nitrogens with one attached hydrogen (secondary N) is 1. The van der Waals surface area contributed by atoms with Gasteiger partial charge in [-0.05, 0) is 47.7 Å². The van der Waals surface area contributed by atoms with Crippen LogP contribution in [0.5, 0.6) is 0 Å². The summed E-state index contributed by atoms with van der Waals surface area (Å²) in [5.74, 6) is -0.190. The highest BCUT2D eigenvalue weighted by Crippen LogP contribution is 2.44. The average molecular weight is 279 g/mol. The molecular weight excluding hydrogens is 265 g/mol. The molecule has 0 radical (unpaired) electrons. The Bertz CT molecular complexity index is 535. The highest BCUT2D eigenvalue weighted by atomic mass is 32.2. The molecule has 1 aromatic carbocycles. The SMILES string of the molecule is C[C@H]1CC(Nc2ccc(F)cc2)c2ccsc2S1. The predicted molar refractivity (Wildman–Crippen MR) is 77.0 cm³/mol. The van der Waals surface area contributed by atoms with E-state index in [-0.39, 0.29) is 5.82 Å². The summed E-state index contributed by atoms with van der Waals surface area (Å²) in [5, 5.41) is 6.27. The van der Waals surface area contributed by atoms with Gasteiger partial charge < -0.3 is 5.32 Å². The van der Waals surface area contributed by atoms with Crippen LogP contribution < -0.4 is 5.32 Å². The van der Waals surface area contributed by atoms with Crippen molar-refractivity contribution in [2.24, 2.45) is 0 Å². The number of thioether (sulfide) groups is 1. The predicted octanol–water partition coefficient (Wildman–Crippen LogP) is 4.92. The van der Waals surface area contributed by atoms with Crippen molar-refractivity contribution in [3.8, 4) is 0 Å². The zero-order chi connectivity index (χ0) is 12.5. The Morgan fingerprint density at radius 3 is 2.78 bits per heavy atom. The van der Waals surface area contributed by atoms with Crippen molar-refractivity contribution < 1.29 is 4.39 Å². The smallest absolute Gasteiger partial charge is 0.123 e. The van der Waals surface area contributed by atoms with E-state index in [1.807, 2.05) is 23.1 Å². The normalized spacial score (nSPS) is 22.6. The molecule has 1 unspecified atom stereocenters. The van der Waals surface area contributed by atoms with Crippen LogP contribution in [-0.2, 0) is 0 Å². The summed E-state index contributed by atoms with van der Waals surface area (Å²) in [7, 11) is 0. The summed E-state index contributed by atoms with van der Waals surface area (Å²) >= 11 is 3.76. The molecule has 0 amide bonds. The second kappa shape index (κ2) is 4.94. The van der Waals surface area contributed by atoms with Gasteiger partial charge in [-0.3, -0.25) is 0 Å². The molecule has 1 aliphatic rings. The lowest BCUT2D eigenvalue weighted by Crippen LogP contribution is -2.18. The fraction of sp³-hybridized carbons (Fsp3) is 0.286. The summed E-state index contributed by atoms with van der Waals surface area (Å²) in [6.45, 7) is 2.26. The number of anilines is 1. The van der Waals surface area contributed by atoms with E-state index in [2.05, 4.69) is 23.7 Å². The molecule has 0 spiro atoms. The Kier molecular flexibility index (Phi) is 3.31. The van der Waals surface area contributed by atoms with E-state index >= 15 is 0 Å². The number of benzene rings is 1. The highest BCUT2D eigenvalue weighted by Gasteiger charge is 2.26. The van der Waals surface area contributed by atoms with E-state index in [1.165, 1.54) is 21.9 Å². The third-order valence-electron chi connectivity index (χ3n) is 3.09. The molecule has 3 rings (SSSR count). The van der Waals surface area contributed by atoms with Gasteiger partial charge in [0.1, 0.15) is 5.82 Å². The van der Waals surface area contributed by atoms with Gasteiger partial charge in [-0.15, -0.1) is 23.1 Å². The van der Waals surface area contributed by atoms with E-state index in [0.29, 0.717) is 11.3 Å². The molecule has 0 saturated heterocycles. The van der Waals surface area contributed by atoms with Crippen LogP contribution in [0, 0.1) is 5.82 Å². The molecule has 18 heavy (non-hydrogen) atoms. The van der Waals surface area contributed by atoms with Gasteiger partial charge in [0, 0.05) is 10.9 Å². The minimum absolute atomic E-state index is 0.190. The first-order valence-electron chi connectivity index (χ1n) is 5.98. The van der Waals surface area contributed by atoms with Crippen LogP contribution in [-0.4, -0.2) is 5.25 Å². The molecule has 1 N–H and O–H groups in total. The van der Waals surface area contributed by atoms with Gasteiger partial charge in [0.2, 0.25) is 0 Å². The molecule has 2 heterocycles. The summed E-state index contributed by atoms with van der Waals surface area (Å²) < 4.78 is 14.3. The lowest BCUT2D eigenvalue weighted by Gasteiger charge is -2.28. The quantitative estimate of drug-likeness (QED) is 0.837. The molecule has 1 aliphatic heterocycles. The molecule has 0 aliphatic carbocycles.